The molecule has 0 N–H and O–H groups in total. The Balaban J connectivity index is 0. The summed E-state index contributed by atoms with van der Waals surface area (Å²) in [5, 5.41) is 0. The van der Waals surface area contributed by atoms with Gasteiger partial charge in [-0.15, -0.1) is 0 Å². The zero-order valence-electron chi connectivity index (χ0n) is 1.26. The number of rotatable bonds is 0. The van der Waals surface area contributed by atoms with Crippen LogP contribution in [-0.2, 0) is 64.5 Å². The fourth-order valence-electron chi connectivity index (χ4n) is 0. The van der Waals surface area contributed by atoms with E-state index in [1.165, 1.54) is 0 Å². The molecule has 0 bridgehead atoms. The fraction of sp³-hybridized carbons (Fsp3) is 1.00. The molecular weight excluding hydrogens is 473 g/mol. The standard InChI is InChI=1S/CH4.Mo.Ta.W/h1H4;;;. The summed E-state index contributed by atoms with van der Waals surface area (Å²) in [6.07, 6.45) is 0. The molecule has 0 spiro atoms. The van der Waals surface area contributed by atoms with E-state index < -0.39 is 0 Å². The van der Waals surface area contributed by atoms with E-state index >= 15 is 0 Å². The van der Waals surface area contributed by atoms with E-state index in [1.54, 1.807) is 0 Å². The van der Waals surface area contributed by atoms with Crippen LogP contribution in [0.2, 0.25) is 0 Å². The normalized spacial score (nSPS) is 0. The molecule has 25 valence electrons. The van der Waals surface area contributed by atoms with Crippen LogP contribution in [0.4, 0.5) is 0 Å². The molecule has 0 aromatic carbocycles. The Morgan fingerprint density at radius 1 is 1.00 bits per heavy atom. The molecule has 0 unspecified atom stereocenters. The summed E-state index contributed by atoms with van der Waals surface area (Å²) >= 11 is 0. The van der Waals surface area contributed by atoms with Crippen LogP contribution in [0.5, 0.6) is 0 Å². The van der Waals surface area contributed by atoms with E-state index in [9.17, 15) is 0 Å². The zero-order valence-corrected chi connectivity index (χ0v) is 9.42. The fourth-order valence-corrected chi connectivity index (χ4v) is 0. The Hall–Kier alpha value is 2.12. The van der Waals surface area contributed by atoms with Crippen molar-refractivity contribution in [3.05, 3.63) is 0 Å². The summed E-state index contributed by atoms with van der Waals surface area (Å²) < 4.78 is 0. The molecule has 0 aliphatic carbocycles. The van der Waals surface area contributed by atoms with Gasteiger partial charge in [-0.25, -0.2) is 0 Å². The zero-order chi connectivity index (χ0) is 0. The van der Waals surface area contributed by atoms with Gasteiger partial charge in [-0.2, -0.15) is 0 Å². The molecule has 0 saturated heterocycles. The van der Waals surface area contributed by atoms with Gasteiger partial charge in [0.2, 0.25) is 0 Å². The molecule has 0 amide bonds. The van der Waals surface area contributed by atoms with E-state index in [0.717, 1.165) is 0 Å². The van der Waals surface area contributed by atoms with Gasteiger partial charge in [-0.1, -0.05) is 7.43 Å². The van der Waals surface area contributed by atoms with E-state index in [4.69, 9.17) is 0 Å². The Morgan fingerprint density at radius 3 is 1.00 bits per heavy atom. The van der Waals surface area contributed by atoms with Crippen molar-refractivity contribution in [2.24, 2.45) is 0 Å². The Morgan fingerprint density at radius 2 is 1.00 bits per heavy atom. The SMILES string of the molecule is C.[Mo].[Ta].[W]. The maximum atomic E-state index is 0. The first-order valence-corrected chi connectivity index (χ1v) is 0. The van der Waals surface area contributed by atoms with Gasteiger partial charge in [0, 0.05) is 64.5 Å². The molecule has 0 rings (SSSR count). The van der Waals surface area contributed by atoms with Gasteiger partial charge in [0.05, 0.1) is 0 Å². The minimum Gasteiger partial charge on any atom is -0.0776 e. The van der Waals surface area contributed by atoms with Crippen LogP contribution in [0.15, 0.2) is 0 Å². The van der Waals surface area contributed by atoms with Crippen LogP contribution in [0.3, 0.4) is 0 Å². The van der Waals surface area contributed by atoms with Crippen molar-refractivity contribution in [2.75, 3.05) is 0 Å². The van der Waals surface area contributed by atoms with Gasteiger partial charge >= 0.3 is 0 Å². The van der Waals surface area contributed by atoms with Gasteiger partial charge in [0.1, 0.15) is 0 Å². The maximum absolute atomic E-state index is 0. The maximum Gasteiger partial charge on any atom is 0 e. The molecule has 1 radical (unpaired) electrons. The van der Waals surface area contributed by atoms with Crippen LogP contribution in [-0.4, -0.2) is 0 Å². The summed E-state index contributed by atoms with van der Waals surface area (Å²) in [4.78, 5) is 0. The Bertz CT molecular complexity index is 8.00. The molecule has 0 aliphatic heterocycles. The molecule has 0 fully saturated rings. The van der Waals surface area contributed by atoms with Crippen LogP contribution >= 0.6 is 0 Å². The van der Waals surface area contributed by atoms with Crippen molar-refractivity contribution in [2.45, 2.75) is 7.43 Å². The molecule has 0 aromatic rings. The summed E-state index contributed by atoms with van der Waals surface area (Å²) in [7, 11) is 0. The first-order chi connectivity index (χ1) is 0. The molecule has 0 atom stereocenters. The van der Waals surface area contributed by atoms with Crippen molar-refractivity contribution in [1.82, 2.24) is 0 Å². The topological polar surface area (TPSA) is 0 Å². The van der Waals surface area contributed by atoms with Crippen molar-refractivity contribution >= 4 is 0 Å². The van der Waals surface area contributed by atoms with Gasteiger partial charge in [-0.3, -0.25) is 0 Å². The van der Waals surface area contributed by atoms with Crippen LogP contribution in [0.1, 0.15) is 7.43 Å². The minimum atomic E-state index is 0. The molecule has 0 aliphatic rings. The van der Waals surface area contributed by atoms with E-state index in [0.29, 0.717) is 0 Å². The third kappa shape index (κ3) is 8.93. The summed E-state index contributed by atoms with van der Waals surface area (Å²) in [6.45, 7) is 0. The Kier molecular flexibility index (Phi) is 173. The molecule has 3 heteroatoms. The largest absolute Gasteiger partial charge is 0.0776 e. The van der Waals surface area contributed by atoms with Crippen LogP contribution < -0.4 is 0 Å². The van der Waals surface area contributed by atoms with Gasteiger partial charge in [-0.05, 0) is 0 Å². The van der Waals surface area contributed by atoms with Crippen molar-refractivity contribution < 1.29 is 64.5 Å². The third-order valence-electron chi connectivity index (χ3n) is 0. The molecule has 0 aromatic heterocycles. The van der Waals surface area contributed by atoms with Gasteiger partial charge < -0.3 is 0 Å². The van der Waals surface area contributed by atoms with E-state index in [2.05, 4.69) is 0 Å². The van der Waals surface area contributed by atoms with Crippen LogP contribution in [0.25, 0.3) is 0 Å². The first kappa shape index (κ1) is 35.7. The Labute approximate surface area is 71.1 Å². The average molecular weight is 477 g/mol. The van der Waals surface area contributed by atoms with Crippen molar-refractivity contribution in [1.29, 1.82) is 0 Å². The minimum absolute atomic E-state index is 0. The smallest absolute Gasteiger partial charge is 0 e. The molecule has 0 nitrogen and oxygen atoms in total. The average Bonchev–Trinajstić information content (AvgIpc) is 0. The summed E-state index contributed by atoms with van der Waals surface area (Å²) in [5.41, 5.74) is 0. The van der Waals surface area contributed by atoms with Gasteiger partial charge in [0.15, 0.2) is 0 Å². The third-order valence-corrected chi connectivity index (χ3v) is 0. The summed E-state index contributed by atoms with van der Waals surface area (Å²) in [5.74, 6) is 0. The van der Waals surface area contributed by atoms with Crippen molar-refractivity contribution in [3.8, 4) is 0 Å². The summed E-state index contributed by atoms with van der Waals surface area (Å²) in [6, 6.07) is 0. The molecule has 4 heavy (non-hydrogen) atoms. The number of hydrogen-bond donors (Lipinski definition) is 0. The molecule has 0 saturated carbocycles. The first-order valence-electron chi connectivity index (χ1n) is 0. The van der Waals surface area contributed by atoms with Gasteiger partial charge in [0.25, 0.3) is 0 Å². The van der Waals surface area contributed by atoms with Crippen LogP contribution in [0, 0.1) is 0 Å². The quantitative estimate of drug-likeness (QED) is 0.450. The molecular formula is CH4MoTaW. The van der Waals surface area contributed by atoms with Crippen molar-refractivity contribution in [3.63, 3.8) is 0 Å². The molecule has 0 heterocycles. The monoisotopic (exact) mass is 479 g/mol. The second kappa shape index (κ2) is 19.4. The van der Waals surface area contributed by atoms with E-state index in [1.807, 2.05) is 0 Å². The predicted molar refractivity (Wildman–Crippen MR) is 6.73 cm³/mol. The van der Waals surface area contributed by atoms with E-state index in [-0.39, 0.29) is 71.9 Å². The number of hydrogen-bond acceptors (Lipinski definition) is 0. The second-order valence-corrected chi connectivity index (χ2v) is 0. The second-order valence-electron chi connectivity index (χ2n) is 0. The predicted octanol–water partition coefficient (Wildman–Crippen LogP) is 0.629.